The number of ether oxygens (including phenoxy) is 3. The Labute approximate surface area is 145 Å². The van der Waals surface area contributed by atoms with Crippen LogP contribution in [0.3, 0.4) is 0 Å². The van der Waals surface area contributed by atoms with Gasteiger partial charge in [-0.05, 0) is 18.1 Å². The number of rotatable bonds is 7. The summed E-state index contributed by atoms with van der Waals surface area (Å²) in [5.74, 6) is 1.62. The minimum absolute atomic E-state index is 0.0515. The summed E-state index contributed by atoms with van der Waals surface area (Å²) in [6, 6.07) is 5.65. The standard InChI is InChI=1S/C17H20N2O4S/c1-21-13-5-3-12(15(9-13)22-2)4-6-16(20)19-10-14(11-19)23-17-18-7-8-24-17/h3,5,7-9,14H,4,6,10-11H2,1-2H3. The van der Waals surface area contributed by atoms with E-state index >= 15 is 0 Å². The van der Waals surface area contributed by atoms with Gasteiger partial charge in [0.15, 0.2) is 0 Å². The molecule has 7 heteroatoms. The van der Waals surface area contributed by atoms with Crippen molar-refractivity contribution in [3.05, 3.63) is 35.3 Å². The Morgan fingerprint density at radius 1 is 1.33 bits per heavy atom. The van der Waals surface area contributed by atoms with Gasteiger partial charge in [0.25, 0.3) is 5.19 Å². The predicted molar refractivity (Wildman–Crippen MR) is 91.0 cm³/mol. The zero-order valence-electron chi connectivity index (χ0n) is 13.7. The highest BCUT2D eigenvalue weighted by Crippen LogP contribution is 2.26. The van der Waals surface area contributed by atoms with Gasteiger partial charge in [-0.2, -0.15) is 0 Å². The SMILES string of the molecule is COc1ccc(CCC(=O)N2CC(Oc3nccs3)C2)c(OC)c1. The van der Waals surface area contributed by atoms with E-state index in [1.165, 1.54) is 11.3 Å². The second-order valence-electron chi connectivity index (χ2n) is 5.51. The lowest BCUT2D eigenvalue weighted by molar-refractivity contribution is -0.139. The average Bonchev–Trinajstić information content (AvgIpc) is 3.08. The highest BCUT2D eigenvalue weighted by molar-refractivity contribution is 7.11. The topological polar surface area (TPSA) is 60.9 Å². The molecule has 1 fully saturated rings. The Morgan fingerprint density at radius 3 is 2.83 bits per heavy atom. The summed E-state index contributed by atoms with van der Waals surface area (Å²) in [5.41, 5.74) is 1.00. The number of likely N-dealkylation sites (tertiary alicyclic amines) is 1. The Kier molecular flexibility index (Phi) is 5.20. The largest absolute Gasteiger partial charge is 0.497 e. The van der Waals surface area contributed by atoms with E-state index in [-0.39, 0.29) is 12.0 Å². The first-order valence-corrected chi connectivity index (χ1v) is 8.62. The van der Waals surface area contributed by atoms with Gasteiger partial charge < -0.3 is 19.1 Å². The molecule has 3 rings (SSSR count). The van der Waals surface area contributed by atoms with Crippen LogP contribution in [-0.4, -0.2) is 49.2 Å². The molecule has 0 spiro atoms. The van der Waals surface area contributed by atoms with Crippen molar-refractivity contribution in [2.75, 3.05) is 27.3 Å². The van der Waals surface area contributed by atoms with Gasteiger partial charge in [0.05, 0.1) is 27.3 Å². The molecule has 0 N–H and O–H groups in total. The number of thiazole rings is 1. The van der Waals surface area contributed by atoms with Crippen LogP contribution in [0.2, 0.25) is 0 Å². The van der Waals surface area contributed by atoms with Crippen molar-refractivity contribution in [3.8, 4) is 16.7 Å². The summed E-state index contributed by atoms with van der Waals surface area (Å²) in [4.78, 5) is 18.2. The molecule has 1 saturated heterocycles. The fraction of sp³-hybridized carbons (Fsp3) is 0.412. The molecule has 0 saturated carbocycles. The minimum Gasteiger partial charge on any atom is -0.497 e. The number of carbonyl (C=O) groups excluding carboxylic acids is 1. The quantitative estimate of drug-likeness (QED) is 0.769. The molecular weight excluding hydrogens is 328 g/mol. The van der Waals surface area contributed by atoms with Crippen LogP contribution >= 0.6 is 11.3 Å². The lowest BCUT2D eigenvalue weighted by Crippen LogP contribution is -2.56. The molecule has 128 valence electrons. The highest BCUT2D eigenvalue weighted by atomic mass is 32.1. The van der Waals surface area contributed by atoms with Gasteiger partial charge in [-0.3, -0.25) is 4.79 Å². The third kappa shape index (κ3) is 3.79. The maximum Gasteiger partial charge on any atom is 0.273 e. The first kappa shape index (κ1) is 16.6. The van der Waals surface area contributed by atoms with E-state index in [0.717, 1.165) is 17.1 Å². The maximum absolute atomic E-state index is 12.3. The van der Waals surface area contributed by atoms with Gasteiger partial charge in [-0.15, -0.1) is 0 Å². The monoisotopic (exact) mass is 348 g/mol. The molecule has 1 aromatic heterocycles. The van der Waals surface area contributed by atoms with Crippen molar-refractivity contribution in [1.29, 1.82) is 0 Å². The number of carbonyl (C=O) groups is 1. The molecule has 2 heterocycles. The van der Waals surface area contributed by atoms with Gasteiger partial charge >= 0.3 is 0 Å². The van der Waals surface area contributed by atoms with E-state index in [9.17, 15) is 4.79 Å². The normalized spacial score (nSPS) is 14.2. The van der Waals surface area contributed by atoms with Crippen molar-refractivity contribution in [3.63, 3.8) is 0 Å². The highest BCUT2D eigenvalue weighted by Gasteiger charge is 2.32. The summed E-state index contributed by atoms with van der Waals surface area (Å²) in [5, 5.41) is 2.54. The van der Waals surface area contributed by atoms with E-state index in [2.05, 4.69) is 4.98 Å². The molecule has 2 aromatic rings. The second-order valence-corrected chi connectivity index (χ2v) is 6.37. The number of aromatic nitrogens is 1. The molecule has 1 amide bonds. The first-order valence-electron chi connectivity index (χ1n) is 7.74. The van der Waals surface area contributed by atoms with Crippen LogP contribution in [0, 0.1) is 0 Å². The van der Waals surface area contributed by atoms with Crippen LogP contribution in [0.15, 0.2) is 29.8 Å². The van der Waals surface area contributed by atoms with Gasteiger partial charge in [-0.25, -0.2) is 4.98 Å². The van der Waals surface area contributed by atoms with E-state index in [0.29, 0.717) is 31.1 Å². The van der Waals surface area contributed by atoms with Crippen LogP contribution in [0.4, 0.5) is 0 Å². The molecule has 0 bridgehead atoms. The molecule has 0 radical (unpaired) electrons. The van der Waals surface area contributed by atoms with Gasteiger partial charge in [0.2, 0.25) is 5.91 Å². The van der Waals surface area contributed by atoms with E-state index in [1.807, 2.05) is 28.5 Å². The average molecular weight is 348 g/mol. The fourth-order valence-corrected chi connectivity index (χ4v) is 3.14. The van der Waals surface area contributed by atoms with Crippen LogP contribution in [-0.2, 0) is 11.2 Å². The molecule has 0 aliphatic carbocycles. The maximum atomic E-state index is 12.3. The van der Waals surface area contributed by atoms with Crippen LogP contribution in [0.1, 0.15) is 12.0 Å². The summed E-state index contributed by atoms with van der Waals surface area (Å²) in [7, 11) is 3.24. The van der Waals surface area contributed by atoms with E-state index < -0.39 is 0 Å². The Morgan fingerprint density at radius 2 is 2.17 bits per heavy atom. The van der Waals surface area contributed by atoms with Crippen molar-refractivity contribution in [2.24, 2.45) is 0 Å². The zero-order chi connectivity index (χ0) is 16.9. The number of hydrogen-bond acceptors (Lipinski definition) is 6. The smallest absolute Gasteiger partial charge is 0.273 e. The third-order valence-electron chi connectivity index (χ3n) is 3.98. The van der Waals surface area contributed by atoms with Gasteiger partial charge in [-0.1, -0.05) is 17.4 Å². The summed E-state index contributed by atoms with van der Waals surface area (Å²) in [6.07, 6.45) is 2.85. The molecular formula is C17H20N2O4S. The third-order valence-corrected chi connectivity index (χ3v) is 4.64. The fourth-order valence-electron chi connectivity index (χ4n) is 2.59. The molecule has 24 heavy (non-hydrogen) atoms. The number of hydrogen-bond donors (Lipinski definition) is 0. The molecule has 1 aliphatic rings. The van der Waals surface area contributed by atoms with Gasteiger partial charge in [0.1, 0.15) is 17.6 Å². The van der Waals surface area contributed by atoms with E-state index in [1.54, 1.807) is 20.4 Å². The second kappa shape index (κ2) is 7.53. The molecule has 0 atom stereocenters. The Balaban J connectivity index is 1.46. The van der Waals surface area contributed by atoms with Gasteiger partial charge in [0, 0.05) is 24.1 Å². The number of nitrogens with zero attached hydrogens (tertiary/aromatic N) is 2. The van der Waals surface area contributed by atoms with E-state index in [4.69, 9.17) is 14.2 Å². The van der Waals surface area contributed by atoms with Crippen molar-refractivity contribution >= 4 is 17.2 Å². The minimum atomic E-state index is 0.0515. The van der Waals surface area contributed by atoms with Crippen molar-refractivity contribution in [2.45, 2.75) is 18.9 Å². The lowest BCUT2D eigenvalue weighted by Gasteiger charge is -2.38. The van der Waals surface area contributed by atoms with Crippen molar-refractivity contribution in [1.82, 2.24) is 9.88 Å². The molecule has 6 nitrogen and oxygen atoms in total. The summed E-state index contributed by atoms with van der Waals surface area (Å²) in [6.45, 7) is 1.25. The molecule has 0 unspecified atom stereocenters. The van der Waals surface area contributed by atoms with Crippen LogP contribution in [0.5, 0.6) is 16.7 Å². The Bertz CT molecular complexity index is 684. The Hall–Kier alpha value is -2.28. The summed E-state index contributed by atoms with van der Waals surface area (Å²) < 4.78 is 16.2. The molecule has 1 aliphatic heterocycles. The van der Waals surface area contributed by atoms with Crippen LogP contribution < -0.4 is 14.2 Å². The van der Waals surface area contributed by atoms with Crippen molar-refractivity contribution < 1.29 is 19.0 Å². The van der Waals surface area contributed by atoms with Crippen LogP contribution in [0.25, 0.3) is 0 Å². The number of aryl methyl sites for hydroxylation is 1. The summed E-state index contributed by atoms with van der Waals surface area (Å²) >= 11 is 1.46. The first-order chi connectivity index (χ1) is 11.7. The molecule has 1 aromatic carbocycles. The number of amides is 1. The predicted octanol–water partition coefficient (Wildman–Crippen LogP) is 2.38. The number of benzene rings is 1. The number of methoxy groups -OCH3 is 2. The lowest BCUT2D eigenvalue weighted by atomic mass is 10.1. The zero-order valence-corrected chi connectivity index (χ0v) is 14.5.